The fourth-order valence-corrected chi connectivity index (χ4v) is 1.49. The highest BCUT2D eigenvalue weighted by Crippen LogP contribution is 2.28. The number of nitriles is 1. The van der Waals surface area contributed by atoms with Crippen LogP contribution >= 0.6 is 0 Å². The lowest BCUT2D eigenvalue weighted by atomic mass is 10.1. The predicted molar refractivity (Wildman–Crippen MR) is 58.8 cm³/mol. The Morgan fingerprint density at radius 1 is 1.50 bits per heavy atom. The minimum absolute atomic E-state index is 0.00194. The molecule has 2 N–H and O–H groups in total. The molecule has 0 heterocycles. The van der Waals surface area contributed by atoms with E-state index in [4.69, 9.17) is 11.0 Å². The van der Waals surface area contributed by atoms with Gasteiger partial charge in [0.15, 0.2) is 11.6 Å². The van der Waals surface area contributed by atoms with Crippen LogP contribution in [0.25, 0.3) is 0 Å². The summed E-state index contributed by atoms with van der Waals surface area (Å²) >= 11 is 0. The van der Waals surface area contributed by atoms with Crippen molar-refractivity contribution in [2.24, 2.45) is 5.92 Å². The lowest BCUT2D eigenvalue weighted by Gasteiger charge is -2.22. The van der Waals surface area contributed by atoms with Crippen LogP contribution in [0.4, 0.5) is 20.2 Å². The van der Waals surface area contributed by atoms with E-state index in [0.717, 1.165) is 6.07 Å². The number of rotatable bonds is 3. The van der Waals surface area contributed by atoms with E-state index in [1.807, 2.05) is 6.07 Å². The van der Waals surface area contributed by atoms with E-state index in [0.29, 0.717) is 6.54 Å². The molecule has 5 heteroatoms. The normalized spacial score (nSPS) is 11.9. The zero-order chi connectivity index (χ0) is 12.3. The Bertz CT molecular complexity index is 426. The van der Waals surface area contributed by atoms with Crippen LogP contribution < -0.4 is 10.6 Å². The molecule has 0 fully saturated rings. The van der Waals surface area contributed by atoms with E-state index in [1.165, 1.54) is 11.0 Å². The Balaban J connectivity index is 3.04. The number of anilines is 2. The van der Waals surface area contributed by atoms with Crippen LogP contribution in [0.5, 0.6) is 0 Å². The second-order valence-corrected chi connectivity index (χ2v) is 3.71. The monoisotopic (exact) mass is 225 g/mol. The minimum Gasteiger partial charge on any atom is -0.397 e. The van der Waals surface area contributed by atoms with Crippen molar-refractivity contribution >= 4 is 11.4 Å². The van der Waals surface area contributed by atoms with Crippen LogP contribution in [0, 0.1) is 28.9 Å². The van der Waals surface area contributed by atoms with E-state index in [1.54, 1.807) is 14.0 Å². The van der Waals surface area contributed by atoms with Crippen molar-refractivity contribution in [3.63, 3.8) is 0 Å². The number of nitrogens with two attached hydrogens (primary N) is 1. The Labute approximate surface area is 93.1 Å². The Morgan fingerprint density at radius 2 is 2.12 bits per heavy atom. The summed E-state index contributed by atoms with van der Waals surface area (Å²) in [5.41, 5.74) is 5.74. The van der Waals surface area contributed by atoms with Gasteiger partial charge in [-0.2, -0.15) is 5.26 Å². The first-order chi connectivity index (χ1) is 7.47. The van der Waals surface area contributed by atoms with Crippen LogP contribution in [0.2, 0.25) is 0 Å². The number of halogens is 2. The molecule has 0 saturated carbocycles. The standard InChI is InChI=1S/C11H13F2N3/c1-7(5-14)6-16(2)11-9(15)4-3-8(12)10(11)13/h3-4,7H,6,15H2,1-2H3. The summed E-state index contributed by atoms with van der Waals surface area (Å²) in [6, 6.07) is 4.31. The van der Waals surface area contributed by atoms with Crippen LogP contribution in [-0.2, 0) is 0 Å². The molecule has 1 rings (SSSR count). The second kappa shape index (κ2) is 4.79. The summed E-state index contributed by atoms with van der Waals surface area (Å²) in [5.74, 6) is -2.21. The van der Waals surface area contributed by atoms with Crippen molar-refractivity contribution < 1.29 is 8.78 Å². The van der Waals surface area contributed by atoms with E-state index in [-0.39, 0.29) is 17.3 Å². The Kier molecular flexibility index (Phi) is 3.67. The van der Waals surface area contributed by atoms with Gasteiger partial charge in [0.25, 0.3) is 0 Å². The summed E-state index contributed by atoms with van der Waals surface area (Å²) in [6.45, 7) is 1.99. The number of nitrogen functional groups attached to an aromatic ring is 1. The van der Waals surface area contributed by atoms with Gasteiger partial charge in [0.1, 0.15) is 0 Å². The van der Waals surface area contributed by atoms with Gasteiger partial charge < -0.3 is 10.6 Å². The second-order valence-electron chi connectivity index (χ2n) is 3.71. The van der Waals surface area contributed by atoms with E-state index in [2.05, 4.69) is 0 Å². The van der Waals surface area contributed by atoms with Crippen LogP contribution in [0.3, 0.4) is 0 Å². The molecular formula is C11H13F2N3. The molecule has 1 aromatic rings. The zero-order valence-corrected chi connectivity index (χ0v) is 9.17. The third-order valence-electron chi connectivity index (χ3n) is 2.25. The van der Waals surface area contributed by atoms with Crippen molar-refractivity contribution in [3.05, 3.63) is 23.8 Å². The molecule has 0 amide bonds. The summed E-state index contributed by atoms with van der Waals surface area (Å²) < 4.78 is 26.5. The SMILES string of the molecule is CC(C#N)CN(C)c1c(N)ccc(F)c1F. The lowest BCUT2D eigenvalue weighted by Crippen LogP contribution is -2.25. The van der Waals surface area contributed by atoms with Crippen molar-refractivity contribution in [3.8, 4) is 6.07 Å². The summed E-state index contributed by atoms with van der Waals surface area (Å²) in [5, 5.41) is 8.65. The summed E-state index contributed by atoms with van der Waals surface area (Å²) in [7, 11) is 1.57. The number of benzene rings is 1. The van der Waals surface area contributed by atoms with E-state index >= 15 is 0 Å². The van der Waals surface area contributed by atoms with Crippen LogP contribution in [0.1, 0.15) is 6.92 Å². The molecule has 0 spiro atoms. The Morgan fingerprint density at radius 3 is 2.69 bits per heavy atom. The maximum absolute atomic E-state index is 13.5. The molecule has 0 aliphatic rings. The first kappa shape index (κ1) is 12.2. The van der Waals surface area contributed by atoms with Gasteiger partial charge in [0.05, 0.1) is 23.4 Å². The molecule has 16 heavy (non-hydrogen) atoms. The molecule has 1 unspecified atom stereocenters. The lowest BCUT2D eigenvalue weighted by molar-refractivity contribution is 0.507. The van der Waals surface area contributed by atoms with Gasteiger partial charge >= 0.3 is 0 Å². The molecule has 0 aromatic heterocycles. The molecule has 0 saturated heterocycles. The first-order valence-corrected chi connectivity index (χ1v) is 4.81. The van der Waals surface area contributed by atoms with E-state index < -0.39 is 11.6 Å². The average molecular weight is 225 g/mol. The summed E-state index contributed by atoms with van der Waals surface area (Å²) in [4.78, 5) is 1.45. The number of nitrogens with zero attached hydrogens (tertiary/aromatic N) is 2. The quantitative estimate of drug-likeness (QED) is 0.802. The topological polar surface area (TPSA) is 53.0 Å². The third-order valence-corrected chi connectivity index (χ3v) is 2.25. The predicted octanol–water partition coefficient (Wildman–Crippen LogP) is 2.14. The van der Waals surface area contributed by atoms with Gasteiger partial charge in [0, 0.05) is 13.6 Å². The number of hydrogen-bond acceptors (Lipinski definition) is 3. The van der Waals surface area contributed by atoms with Gasteiger partial charge in [-0.15, -0.1) is 0 Å². The van der Waals surface area contributed by atoms with Gasteiger partial charge in [-0.3, -0.25) is 0 Å². The fourth-order valence-electron chi connectivity index (χ4n) is 1.49. The molecule has 1 aromatic carbocycles. The fraction of sp³-hybridized carbons (Fsp3) is 0.364. The molecule has 3 nitrogen and oxygen atoms in total. The van der Waals surface area contributed by atoms with Gasteiger partial charge in [-0.05, 0) is 19.1 Å². The van der Waals surface area contributed by atoms with Crippen LogP contribution in [0.15, 0.2) is 12.1 Å². The molecule has 0 bridgehead atoms. The van der Waals surface area contributed by atoms with Crippen molar-refractivity contribution in [2.75, 3.05) is 24.2 Å². The molecule has 86 valence electrons. The molecule has 0 aliphatic carbocycles. The van der Waals surface area contributed by atoms with Crippen molar-refractivity contribution in [2.45, 2.75) is 6.92 Å². The highest BCUT2D eigenvalue weighted by atomic mass is 19.2. The minimum atomic E-state index is -0.979. The van der Waals surface area contributed by atoms with Crippen molar-refractivity contribution in [1.29, 1.82) is 5.26 Å². The van der Waals surface area contributed by atoms with Crippen molar-refractivity contribution in [1.82, 2.24) is 0 Å². The van der Waals surface area contributed by atoms with E-state index in [9.17, 15) is 8.78 Å². The number of hydrogen-bond donors (Lipinski definition) is 1. The van der Waals surface area contributed by atoms with Gasteiger partial charge in [0.2, 0.25) is 0 Å². The Hall–Kier alpha value is -1.83. The molecule has 0 radical (unpaired) electrons. The first-order valence-electron chi connectivity index (χ1n) is 4.81. The smallest absolute Gasteiger partial charge is 0.184 e. The average Bonchev–Trinajstić information content (AvgIpc) is 2.24. The van der Waals surface area contributed by atoms with Crippen LogP contribution in [-0.4, -0.2) is 13.6 Å². The third kappa shape index (κ3) is 2.40. The highest BCUT2D eigenvalue weighted by molar-refractivity contribution is 5.68. The zero-order valence-electron chi connectivity index (χ0n) is 9.17. The maximum Gasteiger partial charge on any atom is 0.184 e. The molecular weight excluding hydrogens is 212 g/mol. The molecule has 1 atom stereocenters. The summed E-state index contributed by atoms with van der Waals surface area (Å²) in [6.07, 6.45) is 0. The highest BCUT2D eigenvalue weighted by Gasteiger charge is 2.17. The van der Waals surface area contributed by atoms with Gasteiger partial charge in [-0.1, -0.05) is 0 Å². The van der Waals surface area contributed by atoms with Gasteiger partial charge in [-0.25, -0.2) is 8.78 Å². The largest absolute Gasteiger partial charge is 0.397 e. The molecule has 0 aliphatic heterocycles. The maximum atomic E-state index is 13.5.